The molecule has 17 heavy (non-hydrogen) atoms. The van der Waals surface area contributed by atoms with Gasteiger partial charge < -0.3 is 15.6 Å². The largest absolute Gasteiger partial charge is 0.394 e. The Bertz CT molecular complexity index is 472. The normalized spacial score (nSPS) is 28.5. The van der Waals surface area contributed by atoms with Crippen LogP contribution in [0, 0.1) is 12.8 Å². The Kier molecular flexibility index (Phi) is 3.17. The molecule has 3 atom stereocenters. The van der Waals surface area contributed by atoms with Crippen LogP contribution < -0.4 is 11.4 Å². The first kappa shape index (κ1) is 12.1. The van der Waals surface area contributed by atoms with Gasteiger partial charge in [-0.25, -0.2) is 4.79 Å². The average molecular weight is 239 g/mol. The molecule has 1 aliphatic rings. The highest BCUT2D eigenvalue weighted by molar-refractivity contribution is 5.35. The van der Waals surface area contributed by atoms with Gasteiger partial charge in [0.25, 0.3) is 0 Å². The highest BCUT2D eigenvalue weighted by atomic mass is 16.5. The van der Waals surface area contributed by atoms with Crippen molar-refractivity contribution in [2.45, 2.75) is 32.6 Å². The predicted octanol–water partition coefficient (Wildman–Crippen LogP) is 0.0498. The van der Waals surface area contributed by atoms with Crippen LogP contribution >= 0.6 is 0 Å². The lowest BCUT2D eigenvalue weighted by Crippen LogP contribution is -2.30. The van der Waals surface area contributed by atoms with E-state index < -0.39 is 5.69 Å². The smallest absolute Gasteiger partial charge is 0.351 e. The number of hydrogen-bond donors (Lipinski definition) is 2. The van der Waals surface area contributed by atoms with Gasteiger partial charge in [0.2, 0.25) is 0 Å². The quantitative estimate of drug-likeness (QED) is 0.761. The molecule has 1 aliphatic heterocycles. The van der Waals surface area contributed by atoms with E-state index in [1.165, 1.54) is 4.57 Å². The van der Waals surface area contributed by atoms with Crippen LogP contribution in [0.25, 0.3) is 0 Å². The molecule has 2 heterocycles. The lowest BCUT2D eigenvalue weighted by molar-refractivity contribution is -0.0336. The summed E-state index contributed by atoms with van der Waals surface area (Å²) in [7, 11) is 0. The Morgan fingerprint density at radius 2 is 2.41 bits per heavy atom. The number of nitrogens with zero attached hydrogens (tertiary/aromatic N) is 2. The summed E-state index contributed by atoms with van der Waals surface area (Å²) in [6.07, 6.45) is 1.81. The molecule has 94 valence electrons. The maximum atomic E-state index is 11.7. The van der Waals surface area contributed by atoms with E-state index in [0.29, 0.717) is 0 Å². The highest BCUT2D eigenvalue weighted by Crippen LogP contribution is 2.32. The summed E-state index contributed by atoms with van der Waals surface area (Å²) in [4.78, 5) is 15.5. The lowest BCUT2D eigenvalue weighted by Gasteiger charge is -2.18. The molecular formula is C11H17N3O3. The molecule has 1 aromatic rings. The zero-order chi connectivity index (χ0) is 12.6. The number of anilines is 1. The molecule has 1 saturated heterocycles. The molecule has 6 nitrogen and oxygen atoms in total. The van der Waals surface area contributed by atoms with E-state index in [4.69, 9.17) is 15.6 Å². The second kappa shape index (κ2) is 4.46. The summed E-state index contributed by atoms with van der Waals surface area (Å²) in [6, 6.07) is 0. The fraction of sp³-hybridized carbons (Fsp3) is 0.636. The summed E-state index contributed by atoms with van der Waals surface area (Å²) in [5.74, 6) is 0.408. The minimum Gasteiger partial charge on any atom is -0.394 e. The van der Waals surface area contributed by atoms with Gasteiger partial charge in [0.15, 0.2) is 0 Å². The third kappa shape index (κ3) is 2.18. The summed E-state index contributed by atoms with van der Waals surface area (Å²) in [6.45, 7) is 3.75. The molecule has 3 unspecified atom stereocenters. The summed E-state index contributed by atoms with van der Waals surface area (Å²) in [5.41, 5.74) is 5.90. The molecule has 0 amide bonds. The van der Waals surface area contributed by atoms with E-state index in [1.54, 1.807) is 13.1 Å². The molecule has 6 heteroatoms. The predicted molar refractivity (Wildman–Crippen MR) is 62.4 cm³/mol. The monoisotopic (exact) mass is 239 g/mol. The summed E-state index contributed by atoms with van der Waals surface area (Å²) >= 11 is 0. The third-order valence-electron chi connectivity index (χ3n) is 3.10. The van der Waals surface area contributed by atoms with Crippen LogP contribution in [0.1, 0.15) is 25.1 Å². The number of aryl methyl sites for hydroxylation is 1. The van der Waals surface area contributed by atoms with Crippen molar-refractivity contribution in [2.75, 3.05) is 12.3 Å². The number of nitrogen functional groups attached to an aromatic ring is 1. The minimum absolute atomic E-state index is 0.0308. The number of aliphatic hydroxyl groups is 1. The van der Waals surface area contributed by atoms with Crippen molar-refractivity contribution >= 4 is 5.82 Å². The average Bonchev–Trinajstić information content (AvgIpc) is 2.65. The number of ether oxygens (including phenoxy) is 1. The summed E-state index contributed by atoms with van der Waals surface area (Å²) in [5, 5.41) is 9.07. The van der Waals surface area contributed by atoms with Gasteiger partial charge >= 0.3 is 5.69 Å². The standard InChI is InChI=1S/C11H17N3O3/c1-6-3-8(5-15)17-10(6)14-4-7(2)9(12)13-11(14)16/h4,6,8,10,15H,3,5H2,1-2H3,(H2,12,13,16). The van der Waals surface area contributed by atoms with Crippen molar-refractivity contribution in [3.8, 4) is 0 Å². The van der Waals surface area contributed by atoms with E-state index in [0.717, 1.165) is 12.0 Å². The molecule has 0 aliphatic carbocycles. The number of rotatable bonds is 2. The lowest BCUT2D eigenvalue weighted by atomic mass is 10.1. The molecule has 0 radical (unpaired) electrons. The van der Waals surface area contributed by atoms with Gasteiger partial charge in [0.1, 0.15) is 12.0 Å². The van der Waals surface area contributed by atoms with Crippen molar-refractivity contribution < 1.29 is 9.84 Å². The van der Waals surface area contributed by atoms with Crippen LogP contribution in [-0.2, 0) is 4.74 Å². The van der Waals surface area contributed by atoms with Crippen molar-refractivity contribution in [2.24, 2.45) is 5.92 Å². The zero-order valence-electron chi connectivity index (χ0n) is 9.96. The van der Waals surface area contributed by atoms with Gasteiger partial charge in [0, 0.05) is 17.7 Å². The van der Waals surface area contributed by atoms with Gasteiger partial charge in [-0.05, 0) is 13.3 Å². The van der Waals surface area contributed by atoms with Crippen molar-refractivity contribution in [1.29, 1.82) is 0 Å². The van der Waals surface area contributed by atoms with E-state index in [2.05, 4.69) is 4.98 Å². The van der Waals surface area contributed by atoms with E-state index in [-0.39, 0.29) is 30.7 Å². The topological polar surface area (TPSA) is 90.4 Å². The Morgan fingerprint density at radius 1 is 1.71 bits per heavy atom. The molecule has 0 aromatic carbocycles. The minimum atomic E-state index is -0.413. The van der Waals surface area contributed by atoms with E-state index >= 15 is 0 Å². The molecule has 0 saturated carbocycles. The second-order valence-corrected chi connectivity index (χ2v) is 4.54. The fourth-order valence-electron chi connectivity index (χ4n) is 2.14. The molecule has 3 N–H and O–H groups in total. The van der Waals surface area contributed by atoms with Crippen LogP contribution in [0.15, 0.2) is 11.0 Å². The highest BCUT2D eigenvalue weighted by Gasteiger charge is 2.33. The van der Waals surface area contributed by atoms with Gasteiger partial charge in [-0.15, -0.1) is 0 Å². The SMILES string of the molecule is Cc1cn(C2OC(CO)CC2C)c(=O)nc1N. The van der Waals surface area contributed by atoms with Crippen molar-refractivity contribution in [3.63, 3.8) is 0 Å². The first-order valence-electron chi connectivity index (χ1n) is 5.64. The fourth-order valence-corrected chi connectivity index (χ4v) is 2.14. The first-order chi connectivity index (χ1) is 8.02. The Hall–Kier alpha value is -1.40. The number of aromatic nitrogens is 2. The van der Waals surface area contributed by atoms with E-state index in [9.17, 15) is 4.79 Å². The third-order valence-corrected chi connectivity index (χ3v) is 3.10. The Balaban J connectivity index is 2.35. The first-order valence-corrected chi connectivity index (χ1v) is 5.64. The van der Waals surface area contributed by atoms with Crippen LogP contribution in [0.3, 0.4) is 0 Å². The van der Waals surface area contributed by atoms with Crippen LogP contribution in [-0.4, -0.2) is 27.4 Å². The van der Waals surface area contributed by atoms with Gasteiger partial charge in [-0.3, -0.25) is 4.57 Å². The molecule has 1 aromatic heterocycles. The van der Waals surface area contributed by atoms with Gasteiger partial charge in [-0.2, -0.15) is 4.98 Å². The molecule has 1 fully saturated rings. The van der Waals surface area contributed by atoms with Gasteiger partial charge in [-0.1, -0.05) is 6.92 Å². The van der Waals surface area contributed by atoms with Crippen LogP contribution in [0.5, 0.6) is 0 Å². The van der Waals surface area contributed by atoms with E-state index in [1.807, 2.05) is 6.92 Å². The number of hydrogen-bond acceptors (Lipinski definition) is 5. The van der Waals surface area contributed by atoms with Crippen LogP contribution in [0.4, 0.5) is 5.82 Å². The Morgan fingerprint density at radius 3 is 3.00 bits per heavy atom. The molecule has 2 rings (SSSR count). The maximum absolute atomic E-state index is 11.7. The molecule has 0 spiro atoms. The maximum Gasteiger partial charge on any atom is 0.351 e. The Labute approximate surface area is 99.0 Å². The van der Waals surface area contributed by atoms with Crippen LogP contribution in [0.2, 0.25) is 0 Å². The van der Waals surface area contributed by atoms with Crippen molar-refractivity contribution in [3.05, 3.63) is 22.2 Å². The van der Waals surface area contributed by atoms with Crippen molar-refractivity contribution in [1.82, 2.24) is 9.55 Å². The molecular weight excluding hydrogens is 222 g/mol. The molecule has 0 bridgehead atoms. The number of aliphatic hydroxyl groups excluding tert-OH is 1. The second-order valence-electron chi connectivity index (χ2n) is 4.54. The van der Waals surface area contributed by atoms with Gasteiger partial charge in [0.05, 0.1) is 12.7 Å². The zero-order valence-corrected chi connectivity index (χ0v) is 9.96. The number of nitrogens with two attached hydrogens (primary N) is 1. The summed E-state index contributed by atoms with van der Waals surface area (Å²) < 4.78 is 7.07.